The van der Waals surface area contributed by atoms with Crippen LogP contribution < -0.4 is 5.32 Å². The summed E-state index contributed by atoms with van der Waals surface area (Å²) in [6.45, 7) is 1.11. The van der Waals surface area contributed by atoms with Crippen molar-refractivity contribution in [3.8, 4) is 0 Å². The number of nitrogens with one attached hydrogen (secondary N) is 1. The van der Waals surface area contributed by atoms with Gasteiger partial charge in [-0.3, -0.25) is 9.35 Å². The molecule has 7 nitrogen and oxygen atoms in total. The zero-order chi connectivity index (χ0) is 11.4. The molecule has 0 aliphatic rings. The van der Waals surface area contributed by atoms with Crippen molar-refractivity contribution in [1.82, 2.24) is 5.32 Å². The van der Waals surface area contributed by atoms with Gasteiger partial charge < -0.3 is 10.1 Å². The third-order valence-corrected chi connectivity index (χ3v) is 2.00. The van der Waals surface area contributed by atoms with Gasteiger partial charge in [-0.15, -0.1) is 0 Å². The maximum atomic E-state index is 10.9. The summed E-state index contributed by atoms with van der Waals surface area (Å²) < 4.78 is 33.6. The molecule has 82 valence electrons. The van der Waals surface area contributed by atoms with Gasteiger partial charge in [-0.05, 0) is 0 Å². The van der Waals surface area contributed by atoms with E-state index in [0.717, 1.165) is 14.0 Å². The van der Waals surface area contributed by atoms with Crippen LogP contribution in [0.4, 0.5) is 0 Å². The highest BCUT2D eigenvalue weighted by Gasteiger charge is 2.25. The number of esters is 1. The zero-order valence-electron chi connectivity index (χ0n) is 7.68. The van der Waals surface area contributed by atoms with Gasteiger partial charge in [-0.25, -0.2) is 4.79 Å². The van der Waals surface area contributed by atoms with Crippen LogP contribution in [0.5, 0.6) is 0 Å². The summed E-state index contributed by atoms with van der Waals surface area (Å²) in [4.78, 5) is 21.5. The molecular weight excluding hydrogens is 214 g/mol. The molecule has 1 atom stereocenters. The van der Waals surface area contributed by atoms with E-state index >= 15 is 0 Å². The normalized spacial score (nSPS) is 13.1. The van der Waals surface area contributed by atoms with Crippen molar-refractivity contribution in [3.63, 3.8) is 0 Å². The molecule has 0 saturated heterocycles. The second kappa shape index (κ2) is 4.91. The van der Waals surface area contributed by atoms with Crippen LogP contribution in [0.15, 0.2) is 0 Å². The Hall–Kier alpha value is -1.15. The number of amides is 1. The van der Waals surface area contributed by atoms with E-state index in [4.69, 9.17) is 4.55 Å². The van der Waals surface area contributed by atoms with E-state index in [1.807, 2.05) is 5.32 Å². The van der Waals surface area contributed by atoms with E-state index in [0.29, 0.717) is 0 Å². The molecule has 0 heterocycles. The highest BCUT2D eigenvalue weighted by Crippen LogP contribution is 1.94. The highest BCUT2D eigenvalue weighted by molar-refractivity contribution is 7.85. The summed E-state index contributed by atoms with van der Waals surface area (Å²) in [5.74, 6) is -2.43. The molecule has 8 heteroatoms. The summed E-state index contributed by atoms with van der Waals surface area (Å²) in [6.07, 6.45) is 0. The molecule has 0 saturated carbocycles. The minimum absolute atomic E-state index is 0.593. The van der Waals surface area contributed by atoms with E-state index in [-0.39, 0.29) is 0 Å². The Morgan fingerprint density at radius 2 is 2.00 bits per heavy atom. The van der Waals surface area contributed by atoms with Crippen LogP contribution >= 0.6 is 0 Å². The van der Waals surface area contributed by atoms with Gasteiger partial charge in [0.2, 0.25) is 5.91 Å². The van der Waals surface area contributed by atoms with Gasteiger partial charge in [0.25, 0.3) is 10.1 Å². The van der Waals surface area contributed by atoms with Crippen LogP contribution in [0.2, 0.25) is 0 Å². The lowest BCUT2D eigenvalue weighted by Gasteiger charge is -2.13. The number of carbonyl (C=O) groups is 2. The van der Waals surface area contributed by atoms with Gasteiger partial charge in [0.05, 0.1) is 7.11 Å². The summed E-state index contributed by atoms with van der Waals surface area (Å²) in [5.41, 5.74) is 0. The Labute approximate surface area is 81.2 Å². The Morgan fingerprint density at radius 3 is 2.29 bits per heavy atom. The molecule has 0 fully saturated rings. The van der Waals surface area contributed by atoms with E-state index in [1.165, 1.54) is 0 Å². The van der Waals surface area contributed by atoms with Gasteiger partial charge >= 0.3 is 5.97 Å². The van der Waals surface area contributed by atoms with Crippen LogP contribution in [0, 0.1) is 0 Å². The molecular formula is C6H11NO6S. The lowest BCUT2D eigenvalue weighted by Crippen LogP contribution is -2.45. The van der Waals surface area contributed by atoms with E-state index in [9.17, 15) is 18.0 Å². The molecule has 0 aromatic carbocycles. The molecule has 1 amide bonds. The maximum absolute atomic E-state index is 10.9. The first kappa shape index (κ1) is 12.8. The van der Waals surface area contributed by atoms with Crippen LogP contribution in [-0.4, -0.2) is 43.8 Å². The summed E-state index contributed by atoms with van der Waals surface area (Å²) in [6, 6.07) is -1.38. The summed E-state index contributed by atoms with van der Waals surface area (Å²) >= 11 is 0. The first-order chi connectivity index (χ1) is 6.26. The van der Waals surface area contributed by atoms with Crippen molar-refractivity contribution >= 4 is 22.0 Å². The fourth-order valence-corrected chi connectivity index (χ4v) is 1.41. The lowest BCUT2D eigenvalue weighted by atomic mass is 10.3. The van der Waals surface area contributed by atoms with Crippen molar-refractivity contribution in [2.75, 3.05) is 12.9 Å². The molecule has 0 bridgehead atoms. The van der Waals surface area contributed by atoms with Gasteiger partial charge in [-0.2, -0.15) is 8.42 Å². The number of carbonyl (C=O) groups excluding carboxylic acids is 2. The van der Waals surface area contributed by atoms with Crippen molar-refractivity contribution in [1.29, 1.82) is 0 Å². The predicted octanol–water partition coefficient (Wildman–Crippen LogP) is -1.45. The number of rotatable bonds is 4. The summed E-state index contributed by atoms with van der Waals surface area (Å²) in [7, 11) is -3.30. The zero-order valence-corrected chi connectivity index (χ0v) is 8.50. The van der Waals surface area contributed by atoms with Crippen LogP contribution in [0.1, 0.15) is 6.92 Å². The Kier molecular flexibility index (Phi) is 4.51. The molecule has 0 aliphatic carbocycles. The van der Waals surface area contributed by atoms with Crippen molar-refractivity contribution in [2.24, 2.45) is 0 Å². The van der Waals surface area contributed by atoms with Crippen molar-refractivity contribution < 1.29 is 27.3 Å². The van der Waals surface area contributed by atoms with Gasteiger partial charge in [0, 0.05) is 6.92 Å². The minimum Gasteiger partial charge on any atom is -0.467 e. The minimum atomic E-state index is -4.34. The third kappa shape index (κ3) is 5.49. The largest absolute Gasteiger partial charge is 0.467 e. The smallest absolute Gasteiger partial charge is 0.329 e. The molecule has 0 spiro atoms. The second-order valence-corrected chi connectivity index (χ2v) is 4.02. The van der Waals surface area contributed by atoms with Gasteiger partial charge in [-0.1, -0.05) is 0 Å². The molecule has 14 heavy (non-hydrogen) atoms. The average Bonchev–Trinajstić information content (AvgIpc) is 1.98. The molecule has 0 unspecified atom stereocenters. The Balaban J connectivity index is 4.56. The number of methoxy groups -OCH3 is 1. The number of hydrogen-bond donors (Lipinski definition) is 2. The number of ether oxygens (including phenoxy) is 1. The van der Waals surface area contributed by atoms with Crippen LogP contribution in [0.3, 0.4) is 0 Å². The van der Waals surface area contributed by atoms with Crippen LogP contribution in [-0.2, 0) is 24.4 Å². The SMILES string of the molecule is COC(=O)[C@@H](CS(=O)(=O)O)NC(C)=O. The molecule has 0 aromatic rings. The molecule has 0 aliphatic heterocycles. The molecule has 0 radical (unpaired) electrons. The standard InChI is InChI=1S/C6H11NO6S/c1-4(8)7-5(6(9)13-2)3-14(10,11)12/h5H,3H2,1-2H3,(H,7,8)(H,10,11,12)/t5-/m1/s1. The van der Waals surface area contributed by atoms with E-state index < -0.39 is 33.8 Å². The van der Waals surface area contributed by atoms with Crippen molar-refractivity contribution in [3.05, 3.63) is 0 Å². The average molecular weight is 225 g/mol. The fraction of sp³-hybridized carbons (Fsp3) is 0.667. The molecule has 0 aromatic heterocycles. The second-order valence-electron chi connectivity index (χ2n) is 2.52. The fourth-order valence-electron chi connectivity index (χ4n) is 0.767. The first-order valence-electron chi connectivity index (χ1n) is 3.56. The topological polar surface area (TPSA) is 110 Å². The quantitative estimate of drug-likeness (QED) is 0.447. The van der Waals surface area contributed by atoms with Gasteiger partial charge in [0.1, 0.15) is 11.8 Å². The predicted molar refractivity (Wildman–Crippen MR) is 46.0 cm³/mol. The molecule has 2 N–H and O–H groups in total. The number of hydrogen-bond acceptors (Lipinski definition) is 5. The third-order valence-electron chi connectivity index (χ3n) is 1.24. The molecule has 0 rings (SSSR count). The lowest BCUT2D eigenvalue weighted by molar-refractivity contribution is -0.144. The van der Waals surface area contributed by atoms with E-state index in [2.05, 4.69) is 4.74 Å². The van der Waals surface area contributed by atoms with Crippen LogP contribution in [0.25, 0.3) is 0 Å². The highest BCUT2D eigenvalue weighted by atomic mass is 32.2. The van der Waals surface area contributed by atoms with Gasteiger partial charge in [0.15, 0.2) is 0 Å². The van der Waals surface area contributed by atoms with E-state index in [1.54, 1.807) is 0 Å². The first-order valence-corrected chi connectivity index (χ1v) is 5.17. The summed E-state index contributed by atoms with van der Waals surface area (Å²) in [5, 5.41) is 2.03. The maximum Gasteiger partial charge on any atom is 0.329 e. The Bertz CT molecular complexity index is 321. The monoisotopic (exact) mass is 225 g/mol. The van der Waals surface area contributed by atoms with Crippen molar-refractivity contribution in [2.45, 2.75) is 13.0 Å². The Morgan fingerprint density at radius 1 is 1.50 bits per heavy atom.